The van der Waals surface area contributed by atoms with E-state index in [0.717, 1.165) is 41.5 Å². The number of aryl methyl sites for hydroxylation is 1. The minimum atomic E-state index is 0.0989. The molecule has 0 fully saturated rings. The predicted octanol–water partition coefficient (Wildman–Crippen LogP) is 4.32. The summed E-state index contributed by atoms with van der Waals surface area (Å²) in [5.41, 5.74) is 3.59. The quantitative estimate of drug-likeness (QED) is 0.615. The monoisotopic (exact) mass is 338 g/mol. The highest BCUT2D eigenvalue weighted by atomic mass is 16.5. The molecule has 0 radical (unpaired) electrons. The zero-order valence-electron chi connectivity index (χ0n) is 14.8. The molecule has 0 saturated heterocycles. The van der Waals surface area contributed by atoms with E-state index in [0.29, 0.717) is 17.2 Å². The van der Waals surface area contributed by atoms with E-state index in [2.05, 4.69) is 0 Å². The fourth-order valence-electron chi connectivity index (χ4n) is 3.24. The number of ketones is 1. The van der Waals surface area contributed by atoms with Gasteiger partial charge in [-0.1, -0.05) is 24.3 Å². The van der Waals surface area contributed by atoms with Crippen molar-refractivity contribution in [1.82, 2.24) is 0 Å². The summed E-state index contributed by atoms with van der Waals surface area (Å²) in [5, 5.41) is 0. The number of hydrogen-bond donors (Lipinski definition) is 0. The molecule has 0 atom stereocenters. The summed E-state index contributed by atoms with van der Waals surface area (Å²) >= 11 is 0. The SMILES string of the molecule is COc1cc(/C=C2/CCCc3ccccc3C2=O)cc(OC)c1OC. The van der Waals surface area contributed by atoms with Gasteiger partial charge in [-0.25, -0.2) is 0 Å². The molecule has 2 aromatic rings. The van der Waals surface area contributed by atoms with E-state index < -0.39 is 0 Å². The van der Waals surface area contributed by atoms with E-state index in [4.69, 9.17) is 14.2 Å². The second-order valence-corrected chi connectivity index (χ2v) is 5.97. The summed E-state index contributed by atoms with van der Waals surface area (Å²) in [7, 11) is 4.74. The number of methoxy groups -OCH3 is 3. The van der Waals surface area contributed by atoms with Crippen LogP contribution in [0.25, 0.3) is 6.08 Å². The number of ether oxygens (including phenoxy) is 3. The van der Waals surface area contributed by atoms with Crippen LogP contribution in [-0.2, 0) is 6.42 Å². The molecular weight excluding hydrogens is 316 g/mol. The number of rotatable bonds is 4. The Hall–Kier alpha value is -2.75. The van der Waals surface area contributed by atoms with Crippen molar-refractivity contribution in [3.63, 3.8) is 0 Å². The van der Waals surface area contributed by atoms with Gasteiger partial charge < -0.3 is 14.2 Å². The van der Waals surface area contributed by atoms with Gasteiger partial charge in [0, 0.05) is 11.1 Å². The third-order valence-corrected chi connectivity index (χ3v) is 4.47. The lowest BCUT2D eigenvalue weighted by Gasteiger charge is -2.13. The van der Waals surface area contributed by atoms with Crippen molar-refractivity contribution in [2.45, 2.75) is 19.3 Å². The highest BCUT2D eigenvalue weighted by Crippen LogP contribution is 2.39. The molecule has 1 aliphatic rings. The number of fused-ring (bicyclic) bond motifs is 1. The van der Waals surface area contributed by atoms with Crippen molar-refractivity contribution >= 4 is 11.9 Å². The predicted molar refractivity (Wildman–Crippen MR) is 97.8 cm³/mol. The summed E-state index contributed by atoms with van der Waals surface area (Å²) in [6.45, 7) is 0. The van der Waals surface area contributed by atoms with Gasteiger partial charge in [0.1, 0.15) is 0 Å². The van der Waals surface area contributed by atoms with Crippen LogP contribution in [0.2, 0.25) is 0 Å². The highest BCUT2D eigenvalue weighted by molar-refractivity contribution is 6.12. The van der Waals surface area contributed by atoms with E-state index in [1.54, 1.807) is 21.3 Å². The molecule has 0 bridgehead atoms. The molecule has 0 spiro atoms. The van der Waals surface area contributed by atoms with Gasteiger partial charge in [-0.2, -0.15) is 0 Å². The topological polar surface area (TPSA) is 44.8 Å². The minimum Gasteiger partial charge on any atom is -0.493 e. The first-order valence-corrected chi connectivity index (χ1v) is 8.31. The molecule has 4 heteroatoms. The fourth-order valence-corrected chi connectivity index (χ4v) is 3.24. The van der Waals surface area contributed by atoms with Crippen molar-refractivity contribution < 1.29 is 19.0 Å². The average molecular weight is 338 g/mol. The Labute approximate surface area is 148 Å². The van der Waals surface area contributed by atoms with Crippen LogP contribution < -0.4 is 14.2 Å². The zero-order valence-corrected chi connectivity index (χ0v) is 14.8. The highest BCUT2D eigenvalue weighted by Gasteiger charge is 2.20. The van der Waals surface area contributed by atoms with Crippen molar-refractivity contribution in [1.29, 1.82) is 0 Å². The lowest BCUT2D eigenvalue weighted by molar-refractivity contribution is 0.103. The third-order valence-electron chi connectivity index (χ3n) is 4.47. The Kier molecular flexibility index (Phi) is 5.08. The number of allylic oxidation sites excluding steroid dienone is 1. The van der Waals surface area contributed by atoms with Gasteiger partial charge in [0.25, 0.3) is 0 Å². The minimum absolute atomic E-state index is 0.0989. The van der Waals surface area contributed by atoms with Crippen molar-refractivity contribution in [3.8, 4) is 17.2 Å². The Morgan fingerprint density at radius 2 is 1.60 bits per heavy atom. The fraction of sp³-hybridized carbons (Fsp3) is 0.286. The number of carbonyl (C=O) groups is 1. The lowest BCUT2D eigenvalue weighted by Crippen LogP contribution is -2.03. The largest absolute Gasteiger partial charge is 0.493 e. The second-order valence-electron chi connectivity index (χ2n) is 5.97. The van der Waals surface area contributed by atoms with Crippen LogP contribution in [0, 0.1) is 0 Å². The Bertz CT molecular complexity index is 795. The Balaban J connectivity index is 2.04. The van der Waals surface area contributed by atoms with Gasteiger partial charge >= 0.3 is 0 Å². The first-order chi connectivity index (χ1) is 12.2. The van der Waals surface area contributed by atoms with Crippen molar-refractivity contribution in [2.24, 2.45) is 0 Å². The first kappa shape index (κ1) is 17.1. The molecular formula is C21H22O4. The Morgan fingerprint density at radius 3 is 2.24 bits per heavy atom. The molecule has 0 aliphatic heterocycles. The van der Waals surface area contributed by atoms with Gasteiger partial charge in [-0.3, -0.25) is 4.79 Å². The molecule has 0 N–H and O–H groups in total. The summed E-state index contributed by atoms with van der Waals surface area (Å²) < 4.78 is 16.1. The molecule has 25 heavy (non-hydrogen) atoms. The van der Waals surface area contributed by atoms with Crippen LogP contribution in [0.5, 0.6) is 17.2 Å². The van der Waals surface area contributed by atoms with E-state index in [1.807, 2.05) is 42.5 Å². The van der Waals surface area contributed by atoms with E-state index in [1.165, 1.54) is 0 Å². The number of carbonyl (C=O) groups excluding carboxylic acids is 1. The summed E-state index contributed by atoms with van der Waals surface area (Å²) in [4.78, 5) is 12.9. The van der Waals surface area contributed by atoms with Gasteiger partial charge in [0.05, 0.1) is 21.3 Å². The molecule has 0 unspecified atom stereocenters. The number of benzene rings is 2. The van der Waals surface area contributed by atoms with Crippen LogP contribution in [-0.4, -0.2) is 27.1 Å². The van der Waals surface area contributed by atoms with Crippen LogP contribution in [0.4, 0.5) is 0 Å². The molecule has 2 aromatic carbocycles. The van der Waals surface area contributed by atoms with Crippen LogP contribution in [0.1, 0.15) is 34.3 Å². The average Bonchev–Trinajstić information content (AvgIpc) is 2.80. The normalized spacial score (nSPS) is 15.5. The van der Waals surface area contributed by atoms with Gasteiger partial charge in [0.15, 0.2) is 17.3 Å². The molecule has 0 heterocycles. The Morgan fingerprint density at radius 1 is 0.920 bits per heavy atom. The molecule has 1 aliphatic carbocycles. The number of Topliss-reactive ketones (excluding diaryl/α,β-unsaturated/α-hetero) is 1. The van der Waals surface area contributed by atoms with E-state index in [9.17, 15) is 4.79 Å². The maximum absolute atomic E-state index is 12.9. The summed E-state index contributed by atoms with van der Waals surface area (Å²) in [6, 6.07) is 11.6. The molecule has 0 saturated carbocycles. The van der Waals surface area contributed by atoms with Crippen LogP contribution in [0.15, 0.2) is 42.0 Å². The van der Waals surface area contributed by atoms with E-state index >= 15 is 0 Å². The smallest absolute Gasteiger partial charge is 0.203 e. The number of hydrogen-bond acceptors (Lipinski definition) is 4. The maximum atomic E-state index is 12.9. The first-order valence-electron chi connectivity index (χ1n) is 8.31. The van der Waals surface area contributed by atoms with Crippen molar-refractivity contribution in [3.05, 3.63) is 58.7 Å². The van der Waals surface area contributed by atoms with Crippen molar-refractivity contribution in [2.75, 3.05) is 21.3 Å². The zero-order chi connectivity index (χ0) is 17.8. The van der Waals surface area contributed by atoms with Gasteiger partial charge in [-0.05, 0) is 48.6 Å². The van der Waals surface area contributed by atoms with Gasteiger partial charge in [-0.15, -0.1) is 0 Å². The van der Waals surface area contributed by atoms with Crippen LogP contribution >= 0.6 is 0 Å². The van der Waals surface area contributed by atoms with Gasteiger partial charge in [0.2, 0.25) is 5.75 Å². The standard InChI is InChI=1S/C21H22O4/c1-23-18-12-14(13-19(24-2)21(18)25-3)11-16-9-6-8-15-7-4-5-10-17(15)20(16)22/h4-5,7,10-13H,6,8-9H2,1-3H3/b16-11-. The summed E-state index contributed by atoms with van der Waals surface area (Å²) in [6.07, 6.45) is 4.56. The molecule has 130 valence electrons. The van der Waals surface area contributed by atoms with Crippen LogP contribution in [0.3, 0.4) is 0 Å². The summed E-state index contributed by atoms with van der Waals surface area (Å²) in [5.74, 6) is 1.80. The molecule has 4 nitrogen and oxygen atoms in total. The molecule has 0 aromatic heterocycles. The maximum Gasteiger partial charge on any atom is 0.203 e. The lowest BCUT2D eigenvalue weighted by atomic mass is 9.98. The molecule has 0 amide bonds. The molecule has 3 rings (SSSR count). The van der Waals surface area contributed by atoms with E-state index in [-0.39, 0.29) is 5.78 Å². The third kappa shape index (κ3) is 3.38. The second kappa shape index (κ2) is 7.43.